The number of hydrogen-bond acceptors (Lipinski definition) is 7. The van der Waals surface area contributed by atoms with Gasteiger partial charge < -0.3 is 15.4 Å². The van der Waals surface area contributed by atoms with Crippen LogP contribution >= 0.6 is 0 Å². The van der Waals surface area contributed by atoms with Crippen LogP contribution in [0.3, 0.4) is 0 Å². The van der Waals surface area contributed by atoms with E-state index in [2.05, 4.69) is 25.7 Å². The molecule has 0 saturated carbocycles. The topological polar surface area (TPSA) is 94.0 Å². The first-order chi connectivity index (χ1) is 12.1. The molecule has 0 bridgehead atoms. The Kier molecular flexibility index (Phi) is 4.24. The molecule has 11 heteroatoms. The van der Waals surface area contributed by atoms with E-state index in [1.807, 2.05) is 0 Å². The minimum absolute atomic E-state index is 0.0314. The number of cyclic esters (lactones) is 1. The largest absolute Gasteiger partial charge is 0.465 e. The van der Waals surface area contributed by atoms with Crippen LogP contribution in [0.2, 0.25) is 0 Å². The molecule has 0 amide bonds. The van der Waals surface area contributed by atoms with Gasteiger partial charge in [0.05, 0.1) is 12.3 Å². The highest BCUT2D eigenvalue weighted by molar-refractivity contribution is 5.84. The highest BCUT2D eigenvalue weighted by atomic mass is 19.4. The Bertz CT molecular complexity index is 850. The van der Waals surface area contributed by atoms with E-state index >= 15 is 0 Å². The summed E-state index contributed by atoms with van der Waals surface area (Å²) in [4.78, 5) is 19.5. The van der Waals surface area contributed by atoms with Gasteiger partial charge in [-0.15, -0.1) is 0 Å². The fourth-order valence-corrected chi connectivity index (χ4v) is 2.65. The molecule has 0 aromatic carbocycles. The van der Waals surface area contributed by atoms with Crippen molar-refractivity contribution < 1.29 is 22.7 Å². The monoisotopic (exact) mass is 370 g/mol. The molecule has 3 heterocycles. The van der Waals surface area contributed by atoms with Gasteiger partial charge in [-0.2, -0.15) is 23.3 Å². The lowest BCUT2D eigenvalue weighted by Gasteiger charge is -2.14. The van der Waals surface area contributed by atoms with E-state index in [9.17, 15) is 18.0 Å². The number of anilines is 3. The van der Waals surface area contributed by atoms with Crippen LogP contribution in [0.1, 0.15) is 24.6 Å². The minimum Gasteiger partial charge on any atom is -0.465 e. The molecule has 0 spiro atoms. The molecule has 1 aliphatic heterocycles. The second-order valence-corrected chi connectivity index (χ2v) is 6.09. The molecular formula is C15H17F3N6O2. The van der Waals surface area contributed by atoms with Gasteiger partial charge in [-0.25, -0.2) is 4.98 Å². The Morgan fingerprint density at radius 2 is 2.12 bits per heavy atom. The van der Waals surface area contributed by atoms with Crippen molar-refractivity contribution in [2.45, 2.75) is 24.9 Å². The van der Waals surface area contributed by atoms with Crippen LogP contribution in [0.5, 0.6) is 0 Å². The molecule has 26 heavy (non-hydrogen) atoms. The van der Waals surface area contributed by atoms with Gasteiger partial charge in [0.2, 0.25) is 5.95 Å². The molecule has 2 aromatic rings. The maximum absolute atomic E-state index is 12.9. The molecule has 1 atom stereocenters. The summed E-state index contributed by atoms with van der Waals surface area (Å²) in [5.74, 6) is -0.298. The molecule has 1 aliphatic rings. The van der Waals surface area contributed by atoms with Gasteiger partial charge in [-0.3, -0.25) is 9.48 Å². The number of hydrogen-bond donors (Lipinski definition) is 2. The van der Waals surface area contributed by atoms with Crippen molar-refractivity contribution in [1.82, 2.24) is 19.7 Å². The predicted octanol–water partition coefficient (Wildman–Crippen LogP) is 2.22. The third-order valence-corrected chi connectivity index (χ3v) is 4.30. The van der Waals surface area contributed by atoms with Gasteiger partial charge >= 0.3 is 12.1 Å². The zero-order chi connectivity index (χ0) is 19.1. The van der Waals surface area contributed by atoms with Crippen molar-refractivity contribution >= 4 is 23.6 Å². The Morgan fingerprint density at radius 1 is 1.38 bits per heavy atom. The number of ether oxygens (including phenoxy) is 1. The molecule has 2 aromatic heterocycles. The summed E-state index contributed by atoms with van der Waals surface area (Å²) in [5.41, 5.74) is -1.31. The smallest absolute Gasteiger partial charge is 0.421 e. The van der Waals surface area contributed by atoms with E-state index in [1.54, 1.807) is 20.0 Å². The molecule has 1 saturated heterocycles. The van der Waals surface area contributed by atoms with Crippen molar-refractivity contribution in [2.24, 2.45) is 7.05 Å². The number of aryl methyl sites for hydroxylation is 1. The van der Waals surface area contributed by atoms with Crippen molar-refractivity contribution in [3.05, 3.63) is 23.5 Å². The standard InChI is InChI=1S/C15H17F3N6O2/c1-14(4-5-26-12(14)25)9-6-10(24(3)23-9)21-13-20-7-8(15(16,17)18)11(19-2)22-13/h6-7H,4-5H2,1-3H3,(H2,19,20,21,22)/t14-/m0/s1. The van der Waals surface area contributed by atoms with Gasteiger partial charge in [0.25, 0.3) is 0 Å². The van der Waals surface area contributed by atoms with Crippen molar-refractivity contribution in [3.8, 4) is 0 Å². The van der Waals surface area contributed by atoms with E-state index in [0.29, 0.717) is 30.7 Å². The van der Waals surface area contributed by atoms with Crippen LogP contribution < -0.4 is 10.6 Å². The van der Waals surface area contributed by atoms with Gasteiger partial charge in [0.1, 0.15) is 22.6 Å². The summed E-state index contributed by atoms with van der Waals surface area (Å²) in [6.07, 6.45) is -3.36. The first-order valence-electron chi connectivity index (χ1n) is 7.76. The molecule has 2 N–H and O–H groups in total. The van der Waals surface area contributed by atoms with Crippen LogP contribution in [0.4, 0.5) is 30.8 Å². The summed E-state index contributed by atoms with van der Waals surface area (Å²) < 4.78 is 45.2. The van der Waals surface area contributed by atoms with E-state index < -0.39 is 17.2 Å². The summed E-state index contributed by atoms with van der Waals surface area (Å²) in [6.45, 7) is 2.06. The molecule has 0 unspecified atom stereocenters. The fraction of sp³-hybridized carbons (Fsp3) is 0.467. The van der Waals surface area contributed by atoms with Gasteiger partial charge in [-0.1, -0.05) is 0 Å². The van der Waals surface area contributed by atoms with E-state index in [1.165, 1.54) is 11.7 Å². The third kappa shape index (κ3) is 3.04. The average Bonchev–Trinajstić information content (AvgIpc) is 3.10. The second kappa shape index (κ2) is 6.15. The Balaban J connectivity index is 1.89. The minimum atomic E-state index is -4.56. The van der Waals surface area contributed by atoms with Gasteiger partial charge in [0.15, 0.2) is 0 Å². The highest BCUT2D eigenvalue weighted by Gasteiger charge is 2.44. The number of nitrogens with one attached hydrogen (secondary N) is 2. The van der Waals surface area contributed by atoms with Crippen LogP contribution in [-0.4, -0.2) is 39.4 Å². The second-order valence-electron chi connectivity index (χ2n) is 6.09. The molecular weight excluding hydrogens is 353 g/mol. The van der Waals surface area contributed by atoms with E-state index in [4.69, 9.17) is 4.74 Å². The van der Waals surface area contributed by atoms with Crippen molar-refractivity contribution in [1.29, 1.82) is 0 Å². The number of esters is 1. The molecule has 1 fully saturated rings. The lowest BCUT2D eigenvalue weighted by Crippen LogP contribution is -2.28. The number of nitrogens with zero attached hydrogens (tertiary/aromatic N) is 4. The van der Waals surface area contributed by atoms with Gasteiger partial charge in [-0.05, 0) is 6.92 Å². The number of carbonyl (C=O) groups is 1. The first kappa shape index (κ1) is 18.0. The average molecular weight is 370 g/mol. The summed E-state index contributed by atoms with van der Waals surface area (Å²) >= 11 is 0. The number of alkyl halides is 3. The Morgan fingerprint density at radius 3 is 2.69 bits per heavy atom. The highest BCUT2D eigenvalue weighted by Crippen LogP contribution is 2.35. The van der Waals surface area contributed by atoms with E-state index in [0.717, 1.165) is 0 Å². The van der Waals surface area contributed by atoms with Crippen molar-refractivity contribution in [3.63, 3.8) is 0 Å². The third-order valence-electron chi connectivity index (χ3n) is 4.30. The maximum atomic E-state index is 12.9. The molecule has 0 aliphatic carbocycles. The summed E-state index contributed by atoms with van der Waals surface area (Å²) in [5, 5.41) is 9.54. The molecule has 140 valence electrons. The Hall–Kier alpha value is -2.85. The SMILES string of the molecule is CNc1nc(Nc2cc([C@]3(C)CCOC3=O)nn2C)ncc1C(F)(F)F. The Labute approximate surface area is 146 Å². The molecule has 3 rings (SSSR count). The molecule has 8 nitrogen and oxygen atoms in total. The van der Waals surface area contributed by atoms with E-state index in [-0.39, 0.29) is 17.7 Å². The van der Waals surface area contributed by atoms with Crippen LogP contribution in [-0.2, 0) is 28.2 Å². The maximum Gasteiger partial charge on any atom is 0.421 e. The number of carbonyl (C=O) groups excluding carboxylic acids is 1. The predicted molar refractivity (Wildman–Crippen MR) is 86.0 cm³/mol. The lowest BCUT2D eigenvalue weighted by molar-refractivity contribution is -0.142. The number of halogens is 3. The first-order valence-corrected chi connectivity index (χ1v) is 7.76. The zero-order valence-corrected chi connectivity index (χ0v) is 14.3. The number of rotatable bonds is 4. The van der Waals surface area contributed by atoms with Crippen molar-refractivity contribution in [2.75, 3.05) is 24.3 Å². The lowest BCUT2D eigenvalue weighted by atomic mass is 9.85. The zero-order valence-electron chi connectivity index (χ0n) is 14.3. The normalized spacial score (nSPS) is 20.2. The van der Waals surface area contributed by atoms with Crippen LogP contribution in [0, 0.1) is 0 Å². The number of aromatic nitrogens is 4. The van der Waals surface area contributed by atoms with Crippen LogP contribution in [0.25, 0.3) is 0 Å². The summed E-state index contributed by atoms with van der Waals surface area (Å²) in [7, 11) is 2.98. The van der Waals surface area contributed by atoms with Gasteiger partial charge in [0, 0.05) is 32.8 Å². The molecule has 0 radical (unpaired) electrons. The quantitative estimate of drug-likeness (QED) is 0.797. The summed E-state index contributed by atoms with van der Waals surface area (Å²) in [6, 6.07) is 1.63. The van der Waals surface area contributed by atoms with Crippen LogP contribution in [0.15, 0.2) is 12.3 Å². The fourth-order valence-electron chi connectivity index (χ4n) is 2.65.